The monoisotopic (exact) mass is 216 g/mol. The zero-order valence-electron chi connectivity index (χ0n) is 7.77. The Morgan fingerprint density at radius 1 is 1.43 bits per heavy atom. The van der Waals surface area contributed by atoms with E-state index in [0.717, 1.165) is 5.56 Å². The van der Waals surface area contributed by atoms with Crippen molar-refractivity contribution in [2.24, 2.45) is 0 Å². The predicted octanol–water partition coefficient (Wildman–Crippen LogP) is 0.555. The minimum Gasteiger partial charge on any atom is -0.504 e. The Morgan fingerprint density at radius 2 is 2.14 bits per heavy atom. The highest BCUT2D eigenvalue weighted by Crippen LogP contribution is 2.26. The number of thiol groups is 1. The summed E-state index contributed by atoms with van der Waals surface area (Å²) in [5, 5.41) is 9.38. The van der Waals surface area contributed by atoms with Gasteiger partial charge in [0.05, 0.1) is 12.9 Å². The van der Waals surface area contributed by atoms with E-state index < -0.39 is 10.7 Å². The SMILES string of the molecule is COc1ccc(CC[SH](=O)=O)cc1O. The molecule has 0 aliphatic heterocycles. The van der Waals surface area contributed by atoms with Crippen LogP contribution in [0.15, 0.2) is 18.2 Å². The summed E-state index contributed by atoms with van der Waals surface area (Å²) in [6.45, 7) is 0. The third kappa shape index (κ3) is 2.92. The molecule has 0 radical (unpaired) electrons. The highest BCUT2D eigenvalue weighted by Gasteiger charge is 2.02. The lowest BCUT2D eigenvalue weighted by Crippen LogP contribution is -1.94. The van der Waals surface area contributed by atoms with Crippen molar-refractivity contribution in [1.82, 2.24) is 0 Å². The van der Waals surface area contributed by atoms with Gasteiger partial charge in [-0.2, -0.15) is 0 Å². The molecule has 0 saturated carbocycles. The van der Waals surface area contributed by atoms with Gasteiger partial charge in [-0.3, -0.25) is 0 Å². The van der Waals surface area contributed by atoms with Gasteiger partial charge >= 0.3 is 0 Å². The van der Waals surface area contributed by atoms with Crippen LogP contribution in [0.5, 0.6) is 11.5 Å². The fourth-order valence-electron chi connectivity index (χ4n) is 1.11. The highest BCUT2D eigenvalue weighted by molar-refractivity contribution is 7.72. The van der Waals surface area contributed by atoms with Gasteiger partial charge in [0.15, 0.2) is 11.5 Å². The number of rotatable bonds is 4. The lowest BCUT2D eigenvalue weighted by Gasteiger charge is -2.04. The number of aryl methyl sites for hydroxylation is 1. The number of aromatic hydroxyl groups is 1. The van der Waals surface area contributed by atoms with Crippen LogP contribution in [-0.4, -0.2) is 26.4 Å². The molecule has 0 unspecified atom stereocenters. The van der Waals surface area contributed by atoms with E-state index in [9.17, 15) is 13.5 Å². The summed E-state index contributed by atoms with van der Waals surface area (Å²) < 4.78 is 25.5. The fraction of sp³-hybridized carbons (Fsp3) is 0.333. The molecular formula is C9H12O4S. The normalized spacial score (nSPS) is 10.4. The minimum atomic E-state index is -2.36. The lowest BCUT2D eigenvalue weighted by molar-refractivity contribution is 0.373. The molecule has 1 aromatic carbocycles. The maximum atomic E-state index is 10.3. The molecule has 0 saturated heterocycles. The van der Waals surface area contributed by atoms with Crippen molar-refractivity contribution in [2.45, 2.75) is 6.42 Å². The van der Waals surface area contributed by atoms with Crippen molar-refractivity contribution in [3.63, 3.8) is 0 Å². The average Bonchev–Trinajstić information content (AvgIpc) is 2.15. The molecule has 0 amide bonds. The van der Waals surface area contributed by atoms with Gasteiger partial charge in [-0.05, 0) is 24.1 Å². The van der Waals surface area contributed by atoms with Crippen molar-refractivity contribution in [1.29, 1.82) is 0 Å². The molecule has 0 spiro atoms. The number of methoxy groups -OCH3 is 1. The molecule has 1 rings (SSSR count). The van der Waals surface area contributed by atoms with Crippen LogP contribution in [0, 0.1) is 0 Å². The van der Waals surface area contributed by atoms with Gasteiger partial charge in [-0.15, -0.1) is 0 Å². The van der Waals surface area contributed by atoms with E-state index in [1.807, 2.05) is 0 Å². The predicted molar refractivity (Wildman–Crippen MR) is 53.5 cm³/mol. The minimum absolute atomic E-state index is 0.0334. The number of phenols is 1. The van der Waals surface area contributed by atoms with Crippen molar-refractivity contribution in [3.05, 3.63) is 23.8 Å². The second-order valence-electron chi connectivity index (χ2n) is 2.81. The molecule has 5 heteroatoms. The van der Waals surface area contributed by atoms with Gasteiger partial charge in [0.25, 0.3) is 0 Å². The molecule has 1 N–H and O–H groups in total. The van der Waals surface area contributed by atoms with Crippen LogP contribution in [-0.2, 0) is 17.1 Å². The van der Waals surface area contributed by atoms with E-state index in [2.05, 4.69) is 0 Å². The van der Waals surface area contributed by atoms with Crippen molar-refractivity contribution < 1.29 is 18.3 Å². The van der Waals surface area contributed by atoms with Gasteiger partial charge < -0.3 is 9.84 Å². The van der Waals surface area contributed by atoms with E-state index in [1.165, 1.54) is 13.2 Å². The Hall–Kier alpha value is -1.23. The first-order valence-electron chi connectivity index (χ1n) is 4.11. The average molecular weight is 216 g/mol. The van der Waals surface area contributed by atoms with E-state index in [0.29, 0.717) is 12.2 Å². The zero-order chi connectivity index (χ0) is 10.6. The number of phenolic OH excluding ortho intramolecular Hbond substituents is 1. The number of ether oxygens (including phenoxy) is 1. The molecular weight excluding hydrogens is 204 g/mol. The van der Waals surface area contributed by atoms with Crippen LogP contribution in [0.3, 0.4) is 0 Å². The summed E-state index contributed by atoms with van der Waals surface area (Å²) in [4.78, 5) is 0. The third-order valence-corrected chi connectivity index (χ3v) is 2.42. The van der Waals surface area contributed by atoms with Crippen LogP contribution >= 0.6 is 0 Å². The number of benzene rings is 1. The maximum Gasteiger partial charge on any atom is 0.160 e. The van der Waals surface area contributed by atoms with Gasteiger partial charge in [-0.1, -0.05) is 6.07 Å². The summed E-state index contributed by atoms with van der Waals surface area (Å²) in [5.41, 5.74) is 0.780. The van der Waals surface area contributed by atoms with Crippen LogP contribution in [0.1, 0.15) is 5.56 Å². The van der Waals surface area contributed by atoms with Crippen LogP contribution < -0.4 is 4.74 Å². The Bertz CT molecular complexity index is 376. The summed E-state index contributed by atoms with van der Waals surface area (Å²) in [7, 11) is -0.896. The largest absolute Gasteiger partial charge is 0.504 e. The van der Waals surface area contributed by atoms with E-state index in [-0.39, 0.29) is 11.5 Å². The summed E-state index contributed by atoms with van der Waals surface area (Å²) in [6.07, 6.45) is 0.413. The summed E-state index contributed by atoms with van der Waals surface area (Å²) in [6, 6.07) is 4.86. The van der Waals surface area contributed by atoms with Crippen LogP contribution in [0.25, 0.3) is 0 Å². The molecule has 0 aliphatic carbocycles. The van der Waals surface area contributed by atoms with Gasteiger partial charge in [0.2, 0.25) is 0 Å². The molecule has 78 valence electrons. The van der Waals surface area contributed by atoms with Crippen molar-refractivity contribution >= 4 is 10.7 Å². The molecule has 14 heavy (non-hydrogen) atoms. The van der Waals surface area contributed by atoms with E-state index in [1.54, 1.807) is 12.1 Å². The van der Waals surface area contributed by atoms with E-state index >= 15 is 0 Å². The van der Waals surface area contributed by atoms with Gasteiger partial charge in [0, 0.05) is 0 Å². The quantitative estimate of drug-likeness (QED) is 0.722. The first kappa shape index (κ1) is 10.8. The lowest BCUT2D eigenvalue weighted by atomic mass is 10.1. The second kappa shape index (κ2) is 4.85. The standard InChI is InChI=1S/C9H12O4S/c1-13-9-3-2-7(6-8(9)10)4-5-14(11)12/h2-3,6,10,14H,4-5H2,1H3. The molecule has 0 bridgehead atoms. The molecule has 4 nitrogen and oxygen atoms in total. The third-order valence-electron chi connectivity index (χ3n) is 1.83. The first-order chi connectivity index (χ1) is 6.63. The molecule has 0 fully saturated rings. The molecule has 1 aromatic rings. The van der Waals surface area contributed by atoms with Gasteiger partial charge in [-0.25, -0.2) is 8.42 Å². The van der Waals surface area contributed by atoms with E-state index in [4.69, 9.17) is 4.74 Å². The molecule has 0 aliphatic rings. The first-order valence-corrected chi connectivity index (χ1v) is 5.47. The summed E-state index contributed by atoms with van der Waals surface area (Å²) in [5.74, 6) is 0.521. The Balaban J connectivity index is 2.76. The second-order valence-corrected chi connectivity index (χ2v) is 3.93. The molecule has 0 atom stereocenters. The zero-order valence-corrected chi connectivity index (χ0v) is 8.66. The topological polar surface area (TPSA) is 63.6 Å². The van der Waals surface area contributed by atoms with Crippen LogP contribution in [0.2, 0.25) is 0 Å². The van der Waals surface area contributed by atoms with Crippen molar-refractivity contribution in [3.8, 4) is 11.5 Å². The summed E-state index contributed by atoms with van der Waals surface area (Å²) >= 11 is 0. The van der Waals surface area contributed by atoms with Crippen LogP contribution in [0.4, 0.5) is 0 Å². The van der Waals surface area contributed by atoms with Gasteiger partial charge in [0.1, 0.15) is 10.7 Å². The number of hydrogen-bond acceptors (Lipinski definition) is 4. The smallest absolute Gasteiger partial charge is 0.160 e. The highest BCUT2D eigenvalue weighted by atomic mass is 32.2. The maximum absolute atomic E-state index is 10.3. The van der Waals surface area contributed by atoms with Crippen molar-refractivity contribution in [2.75, 3.05) is 12.9 Å². The number of hydrogen-bond donors (Lipinski definition) is 2. The molecule has 0 heterocycles. The molecule has 0 aromatic heterocycles. The Labute approximate surface area is 84.1 Å². The fourth-order valence-corrected chi connectivity index (χ4v) is 1.55. The Kier molecular flexibility index (Phi) is 3.76. The Morgan fingerprint density at radius 3 is 2.64 bits per heavy atom.